The molecule has 0 saturated heterocycles. The third-order valence-corrected chi connectivity index (χ3v) is 2.64. The molecule has 0 N–H and O–H groups in total. The molecule has 0 saturated carbocycles. The third kappa shape index (κ3) is 2.91. The van der Waals surface area contributed by atoms with Crippen LogP contribution in [-0.4, -0.2) is 13.0 Å². The molecule has 0 aromatic heterocycles. The van der Waals surface area contributed by atoms with Gasteiger partial charge in [0.15, 0.2) is 0 Å². The highest BCUT2D eigenvalue weighted by Crippen LogP contribution is 2.19. The van der Waals surface area contributed by atoms with Crippen LogP contribution in [0.5, 0.6) is 5.75 Å². The van der Waals surface area contributed by atoms with Gasteiger partial charge >= 0.3 is 0 Å². The van der Waals surface area contributed by atoms with Crippen molar-refractivity contribution in [3.63, 3.8) is 0 Å². The van der Waals surface area contributed by atoms with E-state index in [0.717, 1.165) is 30.9 Å². The summed E-state index contributed by atoms with van der Waals surface area (Å²) in [6, 6.07) is 6.27. The standard InChI is InChI=1S/C12H17ClO/c1-3-10-9-12(14-2)7-6-11(10)5-4-8-13/h6-7,9H,3-5,8H2,1-2H3. The number of ether oxygens (including phenoxy) is 1. The first-order chi connectivity index (χ1) is 6.81. The van der Waals surface area contributed by atoms with Crippen molar-refractivity contribution in [2.75, 3.05) is 13.0 Å². The van der Waals surface area contributed by atoms with Crippen LogP contribution in [0.25, 0.3) is 0 Å². The van der Waals surface area contributed by atoms with Crippen molar-refractivity contribution in [2.24, 2.45) is 0 Å². The average molecular weight is 213 g/mol. The van der Waals surface area contributed by atoms with Gasteiger partial charge in [-0.15, -0.1) is 11.6 Å². The number of benzene rings is 1. The minimum absolute atomic E-state index is 0.731. The Bertz CT molecular complexity index is 284. The largest absolute Gasteiger partial charge is 0.497 e. The van der Waals surface area contributed by atoms with Crippen molar-refractivity contribution in [2.45, 2.75) is 26.2 Å². The molecule has 0 unspecified atom stereocenters. The van der Waals surface area contributed by atoms with Crippen LogP contribution < -0.4 is 4.74 Å². The van der Waals surface area contributed by atoms with Crippen molar-refractivity contribution < 1.29 is 4.74 Å². The molecule has 0 amide bonds. The van der Waals surface area contributed by atoms with E-state index in [9.17, 15) is 0 Å². The number of alkyl halides is 1. The van der Waals surface area contributed by atoms with Crippen LogP contribution >= 0.6 is 11.6 Å². The molecule has 0 radical (unpaired) electrons. The Morgan fingerprint density at radius 3 is 2.64 bits per heavy atom. The lowest BCUT2D eigenvalue weighted by Gasteiger charge is -2.09. The lowest BCUT2D eigenvalue weighted by molar-refractivity contribution is 0.414. The van der Waals surface area contributed by atoms with Gasteiger partial charge in [0.1, 0.15) is 5.75 Å². The van der Waals surface area contributed by atoms with E-state index in [4.69, 9.17) is 16.3 Å². The molecule has 14 heavy (non-hydrogen) atoms. The molecule has 0 spiro atoms. The van der Waals surface area contributed by atoms with E-state index in [0.29, 0.717) is 0 Å². The molecule has 2 heteroatoms. The topological polar surface area (TPSA) is 9.23 Å². The second-order valence-electron chi connectivity index (χ2n) is 3.28. The van der Waals surface area contributed by atoms with Gasteiger partial charge in [0.2, 0.25) is 0 Å². The Morgan fingerprint density at radius 1 is 1.29 bits per heavy atom. The summed E-state index contributed by atoms with van der Waals surface area (Å²) in [6.45, 7) is 2.17. The highest BCUT2D eigenvalue weighted by Gasteiger charge is 2.02. The molecule has 0 aliphatic rings. The lowest BCUT2D eigenvalue weighted by atomic mass is 10.0. The molecule has 1 nitrogen and oxygen atoms in total. The maximum atomic E-state index is 5.68. The maximum absolute atomic E-state index is 5.68. The third-order valence-electron chi connectivity index (χ3n) is 2.37. The maximum Gasteiger partial charge on any atom is 0.119 e. The molecule has 0 aliphatic heterocycles. The SMILES string of the molecule is CCc1cc(OC)ccc1CCCCl. The Labute approximate surface area is 91.0 Å². The van der Waals surface area contributed by atoms with E-state index in [-0.39, 0.29) is 0 Å². The molecular formula is C12H17ClO. The normalized spacial score (nSPS) is 10.2. The van der Waals surface area contributed by atoms with E-state index in [1.165, 1.54) is 11.1 Å². The Hall–Kier alpha value is -0.690. The van der Waals surface area contributed by atoms with Crippen LogP contribution in [0.3, 0.4) is 0 Å². The minimum atomic E-state index is 0.731. The van der Waals surface area contributed by atoms with Crippen LogP contribution in [0.1, 0.15) is 24.5 Å². The predicted octanol–water partition coefficient (Wildman–Crippen LogP) is 3.43. The van der Waals surface area contributed by atoms with Crippen molar-refractivity contribution in [3.8, 4) is 5.75 Å². The summed E-state index contributed by atoms with van der Waals surface area (Å²) in [4.78, 5) is 0. The van der Waals surface area contributed by atoms with Crippen molar-refractivity contribution in [1.82, 2.24) is 0 Å². The first-order valence-electron chi connectivity index (χ1n) is 5.03. The number of aryl methyl sites for hydroxylation is 2. The van der Waals surface area contributed by atoms with Crippen molar-refractivity contribution >= 4 is 11.6 Å². The molecule has 1 aromatic carbocycles. The van der Waals surface area contributed by atoms with E-state index in [1.54, 1.807) is 7.11 Å². The second kappa shape index (κ2) is 5.92. The minimum Gasteiger partial charge on any atom is -0.497 e. The van der Waals surface area contributed by atoms with E-state index >= 15 is 0 Å². The van der Waals surface area contributed by atoms with Crippen LogP contribution in [0.2, 0.25) is 0 Å². The Kier molecular flexibility index (Phi) is 4.81. The molecule has 0 atom stereocenters. The average Bonchev–Trinajstić information content (AvgIpc) is 2.26. The van der Waals surface area contributed by atoms with Gasteiger partial charge in [0.25, 0.3) is 0 Å². The molecular weight excluding hydrogens is 196 g/mol. The van der Waals surface area contributed by atoms with Gasteiger partial charge in [-0.25, -0.2) is 0 Å². The van der Waals surface area contributed by atoms with Crippen LogP contribution in [-0.2, 0) is 12.8 Å². The van der Waals surface area contributed by atoms with Crippen LogP contribution in [0.4, 0.5) is 0 Å². The van der Waals surface area contributed by atoms with Gasteiger partial charge in [-0.1, -0.05) is 13.0 Å². The highest BCUT2D eigenvalue weighted by atomic mass is 35.5. The second-order valence-corrected chi connectivity index (χ2v) is 3.66. The fourth-order valence-corrected chi connectivity index (χ4v) is 1.69. The fraction of sp³-hybridized carbons (Fsp3) is 0.500. The monoisotopic (exact) mass is 212 g/mol. The Balaban J connectivity index is 2.82. The molecule has 1 rings (SSSR count). The first kappa shape index (κ1) is 11.4. The number of hydrogen-bond donors (Lipinski definition) is 0. The van der Waals surface area contributed by atoms with E-state index in [1.807, 2.05) is 6.07 Å². The molecule has 0 fully saturated rings. The zero-order chi connectivity index (χ0) is 10.4. The van der Waals surface area contributed by atoms with Crippen LogP contribution in [0, 0.1) is 0 Å². The quantitative estimate of drug-likeness (QED) is 0.680. The zero-order valence-electron chi connectivity index (χ0n) is 8.85. The summed E-state index contributed by atoms with van der Waals surface area (Å²) in [5.41, 5.74) is 2.77. The summed E-state index contributed by atoms with van der Waals surface area (Å²) in [5, 5.41) is 0. The summed E-state index contributed by atoms with van der Waals surface area (Å²) < 4.78 is 5.19. The summed E-state index contributed by atoms with van der Waals surface area (Å²) in [5.74, 6) is 1.67. The smallest absolute Gasteiger partial charge is 0.119 e. The summed E-state index contributed by atoms with van der Waals surface area (Å²) >= 11 is 5.68. The van der Waals surface area contributed by atoms with Gasteiger partial charge in [0, 0.05) is 5.88 Å². The lowest BCUT2D eigenvalue weighted by Crippen LogP contribution is -1.95. The predicted molar refractivity (Wildman–Crippen MR) is 61.4 cm³/mol. The number of halogens is 1. The molecule has 0 bridgehead atoms. The zero-order valence-corrected chi connectivity index (χ0v) is 9.60. The summed E-state index contributed by atoms with van der Waals surface area (Å²) in [7, 11) is 1.70. The molecule has 0 heterocycles. The fourth-order valence-electron chi connectivity index (χ4n) is 1.56. The van der Waals surface area contributed by atoms with E-state index in [2.05, 4.69) is 19.1 Å². The number of methoxy groups -OCH3 is 1. The van der Waals surface area contributed by atoms with E-state index < -0.39 is 0 Å². The van der Waals surface area contributed by atoms with Gasteiger partial charge < -0.3 is 4.74 Å². The molecule has 78 valence electrons. The number of rotatable bonds is 5. The Morgan fingerprint density at radius 2 is 2.07 bits per heavy atom. The van der Waals surface area contributed by atoms with Crippen molar-refractivity contribution in [1.29, 1.82) is 0 Å². The number of hydrogen-bond acceptors (Lipinski definition) is 1. The first-order valence-corrected chi connectivity index (χ1v) is 5.57. The highest BCUT2D eigenvalue weighted by molar-refractivity contribution is 6.17. The summed E-state index contributed by atoms with van der Waals surface area (Å²) in [6.07, 6.45) is 3.16. The van der Waals surface area contributed by atoms with Crippen molar-refractivity contribution in [3.05, 3.63) is 29.3 Å². The van der Waals surface area contributed by atoms with Crippen LogP contribution in [0.15, 0.2) is 18.2 Å². The van der Waals surface area contributed by atoms with Gasteiger partial charge in [-0.05, 0) is 42.5 Å². The van der Waals surface area contributed by atoms with Gasteiger partial charge in [0.05, 0.1) is 7.11 Å². The molecule has 1 aromatic rings. The van der Waals surface area contributed by atoms with Gasteiger partial charge in [-0.2, -0.15) is 0 Å². The van der Waals surface area contributed by atoms with Gasteiger partial charge in [-0.3, -0.25) is 0 Å². The molecule has 0 aliphatic carbocycles.